The number of hydrogen-bond acceptors (Lipinski definition) is 6. The van der Waals surface area contributed by atoms with Crippen molar-refractivity contribution in [2.45, 2.75) is 18.7 Å². The summed E-state index contributed by atoms with van der Waals surface area (Å²) in [6.07, 6.45) is 0. The Morgan fingerprint density at radius 3 is 2.48 bits per heavy atom. The molecular formula is C17H21F2N5O2S. The van der Waals surface area contributed by atoms with Crippen LogP contribution in [0.3, 0.4) is 0 Å². The first-order valence-electron chi connectivity index (χ1n) is 8.61. The largest absolute Gasteiger partial charge is 0.354 e. The summed E-state index contributed by atoms with van der Waals surface area (Å²) in [4.78, 5) is 10.1. The number of rotatable bonds is 5. The molecule has 0 spiro atoms. The van der Waals surface area contributed by atoms with Crippen LogP contribution < -0.4 is 10.2 Å². The number of piperazine rings is 1. The lowest BCUT2D eigenvalue weighted by Crippen LogP contribution is -2.49. The molecule has 1 N–H and O–H groups in total. The van der Waals surface area contributed by atoms with E-state index in [-0.39, 0.29) is 13.1 Å². The minimum atomic E-state index is -4.10. The molecule has 0 unspecified atom stereocenters. The van der Waals surface area contributed by atoms with Gasteiger partial charge in [-0.05, 0) is 32.0 Å². The number of sulfonamides is 1. The molecule has 0 radical (unpaired) electrons. The van der Waals surface area contributed by atoms with Crippen LogP contribution in [0.15, 0.2) is 29.2 Å². The average molecular weight is 397 g/mol. The van der Waals surface area contributed by atoms with Crippen LogP contribution in [-0.2, 0) is 10.0 Å². The molecule has 27 heavy (non-hydrogen) atoms. The quantitative estimate of drug-likeness (QED) is 0.832. The number of halogens is 2. The van der Waals surface area contributed by atoms with Gasteiger partial charge < -0.3 is 10.2 Å². The van der Waals surface area contributed by atoms with Crippen LogP contribution in [0, 0.1) is 18.6 Å². The van der Waals surface area contributed by atoms with Crippen molar-refractivity contribution in [3.63, 3.8) is 0 Å². The van der Waals surface area contributed by atoms with E-state index in [9.17, 15) is 17.2 Å². The highest BCUT2D eigenvalue weighted by atomic mass is 32.2. The van der Waals surface area contributed by atoms with Gasteiger partial charge in [-0.25, -0.2) is 22.2 Å². The lowest BCUT2D eigenvalue weighted by atomic mass is 10.3. The Bertz CT molecular complexity index is 931. The summed E-state index contributed by atoms with van der Waals surface area (Å²) in [5.41, 5.74) is 0.799. The van der Waals surface area contributed by atoms with Gasteiger partial charge in [-0.15, -0.1) is 0 Å². The second-order valence-electron chi connectivity index (χ2n) is 6.19. The molecule has 0 saturated carbocycles. The summed E-state index contributed by atoms with van der Waals surface area (Å²) >= 11 is 0. The Labute approximate surface area is 157 Å². The molecule has 1 fully saturated rings. The van der Waals surface area contributed by atoms with Gasteiger partial charge in [0.2, 0.25) is 16.0 Å². The molecule has 0 aliphatic carbocycles. The van der Waals surface area contributed by atoms with Gasteiger partial charge in [0, 0.05) is 44.5 Å². The second-order valence-corrected chi connectivity index (χ2v) is 8.09. The third-order valence-corrected chi connectivity index (χ3v) is 6.16. The molecule has 1 aliphatic heterocycles. The van der Waals surface area contributed by atoms with Gasteiger partial charge in [0.15, 0.2) is 0 Å². The summed E-state index contributed by atoms with van der Waals surface area (Å²) in [6, 6.07) is 4.26. The maximum Gasteiger partial charge on any atom is 0.246 e. The van der Waals surface area contributed by atoms with Crippen LogP contribution in [0.25, 0.3) is 0 Å². The van der Waals surface area contributed by atoms with Crippen molar-refractivity contribution >= 4 is 21.8 Å². The Morgan fingerprint density at radius 1 is 1.11 bits per heavy atom. The summed E-state index contributed by atoms with van der Waals surface area (Å²) in [6.45, 7) is 5.57. The molecule has 0 atom stereocenters. The Hall–Kier alpha value is -2.33. The van der Waals surface area contributed by atoms with Gasteiger partial charge in [-0.3, -0.25) is 0 Å². The maximum absolute atomic E-state index is 13.9. The molecule has 1 saturated heterocycles. The van der Waals surface area contributed by atoms with Crippen molar-refractivity contribution in [3.05, 3.63) is 41.6 Å². The molecule has 2 heterocycles. The lowest BCUT2D eigenvalue weighted by molar-refractivity contribution is 0.381. The molecule has 2 aromatic rings. The fourth-order valence-corrected chi connectivity index (χ4v) is 4.42. The number of nitrogens with zero attached hydrogens (tertiary/aromatic N) is 4. The first kappa shape index (κ1) is 19.4. The van der Waals surface area contributed by atoms with Gasteiger partial charge in [0.25, 0.3) is 0 Å². The van der Waals surface area contributed by atoms with Gasteiger partial charge in [-0.1, -0.05) is 0 Å². The Morgan fingerprint density at radius 2 is 1.81 bits per heavy atom. The molecule has 146 valence electrons. The standard InChI is InChI=1S/C17H21F2N5O2S/c1-3-20-17-21-12(2)10-16(22-17)23-6-8-24(9-7-23)27(25,26)15-11-13(18)4-5-14(15)19/h4-5,10-11H,3,6-9H2,1-2H3,(H,20,21,22). The third-order valence-electron chi connectivity index (χ3n) is 4.25. The minimum Gasteiger partial charge on any atom is -0.354 e. The van der Waals surface area contributed by atoms with Crippen LogP contribution in [0.2, 0.25) is 0 Å². The topological polar surface area (TPSA) is 78.4 Å². The van der Waals surface area contributed by atoms with Crippen LogP contribution in [-0.4, -0.2) is 55.4 Å². The van der Waals surface area contributed by atoms with Crippen LogP contribution in [0.4, 0.5) is 20.5 Å². The molecule has 0 amide bonds. The molecule has 7 nitrogen and oxygen atoms in total. The summed E-state index contributed by atoms with van der Waals surface area (Å²) in [5.74, 6) is -0.529. The van der Waals surface area contributed by atoms with Crippen molar-refractivity contribution in [2.75, 3.05) is 42.9 Å². The molecule has 0 bridgehead atoms. The predicted molar refractivity (Wildman–Crippen MR) is 98.3 cm³/mol. The SMILES string of the molecule is CCNc1nc(C)cc(N2CCN(S(=O)(=O)c3cc(F)ccc3F)CC2)n1. The normalized spacial score (nSPS) is 15.8. The molecular weight excluding hydrogens is 376 g/mol. The zero-order chi connectivity index (χ0) is 19.6. The van der Waals surface area contributed by atoms with E-state index in [0.29, 0.717) is 37.5 Å². The average Bonchev–Trinajstić information content (AvgIpc) is 2.63. The van der Waals surface area contributed by atoms with Crippen molar-refractivity contribution in [3.8, 4) is 0 Å². The summed E-state index contributed by atoms with van der Waals surface area (Å²) in [7, 11) is -4.10. The van der Waals surface area contributed by atoms with Crippen LogP contribution in [0.1, 0.15) is 12.6 Å². The fraction of sp³-hybridized carbons (Fsp3) is 0.412. The molecule has 1 aromatic carbocycles. The smallest absolute Gasteiger partial charge is 0.246 e. The van der Waals surface area contributed by atoms with Crippen molar-refractivity contribution in [2.24, 2.45) is 0 Å². The number of benzene rings is 1. The van der Waals surface area contributed by atoms with E-state index < -0.39 is 26.6 Å². The monoisotopic (exact) mass is 397 g/mol. The highest BCUT2D eigenvalue weighted by Crippen LogP contribution is 2.23. The van der Waals surface area contributed by atoms with E-state index in [1.807, 2.05) is 24.8 Å². The first-order chi connectivity index (χ1) is 12.8. The van der Waals surface area contributed by atoms with Crippen LogP contribution in [0.5, 0.6) is 0 Å². The zero-order valence-electron chi connectivity index (χ0n) is 15.1. The number of hydrogen-bond donors (Lipinski definition) is 1. The number of nitrogens with one attached hydrogen (secondary N) is 1. The summed E-state index contributed by atoms with van der Waals surface area (Å²) < 4.78 is 53.8. The summed E-state index contributed by atoms with van der Waals surface area (Å²) in [5, 5.41) is 3.06. The lowest BCUT2D eigenvalue weighted by Gasteiger charge is -2.34. The van der Waals surface area contributed by atoms with Gasteiger partial charge in [0.1, 0.15) is 22.3 Å². The minimum absolute atomic E-state index is 0.151. The van der Waals surface area contributed by atoms with E-state index >= 15 is 0 Å². The van der Waals surface area contributed by atoms with E-state index in [2.05, 4.69) is 15.3 Å². The van der Waals surface area contributed by atoms with Gasteiger partial charge in [-0.2, -0.15) is 9.29 Å². The van der Waals surface area contributed by atoms with Crippen molar-refractivity contribution in [1.29, 1.82) is 0 Å². The fourth-order valence-electron chi connectivity index (χ4n) is 2.92. The second kappa shape index (κ2) is 7.73. The zero-order valence-corrected chi connectivity index (χ0v) is 15.9. The van der Waals surface area contributed by atoms with Gasteiger partial charge in [0.05, 0.1) is 0 Å². The third kappa shape index (κ3) is 4.16. The number of aromatic nitrogens is 2. The van der Waals surface area contributed by atoms with E-state index in [1.54, 1.807) is 0 Å². The van der Waals surface area contributed by atoms with Crippen LogP contribution >= 0.6 is 0 Å². The molecule has 1 aromatic heterocycles. The van der Waals surface area contributed by atoms with E-state index in [1.165, 1.54) is 4.31 Å². The number of anilines is 2. The maximum atomic E-state index is 13.9. The molecule has 10 heteroatoms. The van der Waals surface area contributed by atoms with E-state index in [4.69, 9.17) is 0 Å². The Kier molecular flexibility index (Phi) is 5.56. The highest BCUT2D eigenvalue weighted by Gasteiger charge is 2.31. The predicted octanol–water partition coefficient (Wildman–Crippen LogP) is 2.01. The van der Waals surface area contributed by atoms with Crippen molar-refractivity contribution in [1.82, 2.24) is 14.3 Å². The van der Waals surface area contributed by atoms with Gasteiger partial charge >= 0.3 is 0 Å². The Balaban J connectivity index is 1.76. The van der Waals surface area contributed by atoms with E-state index in [0.717, 1.165) is 17.8 Å². The molecule has 3 rings (SSSR count). The molecule has 1 aliphatic rings. The number of aryl methyl sites for hydroxylation is 1. The first-order valence-corrected chi connectivity index (χ1v) is 10.0. The van der Waals surface area contributed by atoms with Crippen molar-refractivity contribution < 1.29 is 17.2 Å². The highest BCUT2D eigenvalue weighted by molar-refractivity contribution is 7.89.